The summed E-state index contributed by atoms with van der Waals surface area (Å²) in [6.45, 7) is 4.43. The fraction of sp³-hybridized carbons (Fsp3) is 0.636. The minimum absolute atomic E-state index is 0.282. The Kier molecular flexibility index (Phi) is 2.71. The molecule has 0 aliphatic heterocycles. The van der Waals surface area contributed by atoms with Crippen LogP contribution in [-0.4, -0.2) is 5.54 Å². The van der Waals surface area contributed by atoms with Gasteiger partial charge in [0.25, 0.3) is 0 Å². The lowest BCUT2D eigenvalue weighted by Gasteiger charge is -2.41. The summed E-state index contributed by atoms with van der Waals surface area (Å²) in [4.78, 5) is 0. The first-order valence-electron chi connectivity index (χ1n) is 5.11. The highest BCUT2D eigenvalue weighted by molar-refractivity contribution is 9.10. The molecule has 0 aromatic carbocycles. The van der Waals surface area contributed by atoms with Gasteiger partial charge in [-0.25, -0.2) is 0 Å². The Hall–Kier alpha value is -0.280. The molecule has 1 fully saturated rings. The van der Waals surface area contributed by atoms with E-state index in [0.717, 1.165) is 10.2 Å². The number of hydrogen-bond donors (Lipinski definition) is 1. The third-order valence-corrected chi connectivity index (χ3v) is 3.72. The van der Waals surface area contributed by atoms with Crippen molar-refractivity contribution in [3.63, 3.8) is 0 Å². The van der Waals surface area contributed by atoms with Gasteiger partial charge in [0.05, 0.1) is 16.8 Å². The summed E-state index contributed by atoms with van der Waals surface area (Å²) in [6.07, 6.45) is 5.61. The number of hydrogen-bond acceptors (Lipinski definition) is 2. The van der Waals surface area contributed by atoms with Gasteiger partial charge in [-0.05, 0) is 55.1 Å². The van der Waals surface area contributed by atoms with E-state index < -0.39 is 0 Å². The van der Waals surface area contributed by atoms with E-state index in [1.165, 1.54) is 19.3 Å². The van der Waals surface area contributed by atoms with Gasteiger partial charge in [0.2, 0.25) is 0 Å². The minimum atomic E-state index is 0.282. The van der Waals surface area contributed by atoms with Crippen LogP contribution in [0.1, 0.15) is 44.9 Å². The van der Waals surface area contributed by atoms with Gasteiger partial charge in [0.1, 0.15) is 5.76 Å². The van der Waals surface area contributed by atoms with E-state index >= 15 is 0 Å². The molecule has 3 heteroatoms. The molecule has 0 spiro atoms. The zero-order valence-electron chi connectivity index (χ0n) is 8.64. The number of furan rings is 1. The topological polar surface area (TPSA) is 25.2 Å². The second kappa shape index (κ2) is 3.70. The minimum Gasteiger partial charge on any atom is -0.466 e. The van der Waals surface area contributed by atoms with Crippen LogP contribution in [0.2, 0.25) is 0 Å². The lowest BCUT2D eigenvalue weighted by Crippen LogP contribution is -2.49. The zero-order valence-corrected chi connectivity index (χ0v) is 10.2. The van der Waals surface area contributed by atoms with Crippen molar-refractivity contribution in [2.24, 2.45) is 0 Å². The Bertz CT molecular complexity index is 317. The third kappa shape index (κ3) is 1.89. The summed E-state index contributed by atoms with van der Waals surface area (Å²) in [5.74, 6) is 0.998. The Morgan fingerprint density at radius 3 is 2.71 bits per heavy atom. The van der Waals surface area contributed by atoms with Gasteiger partial charge in [0, 0.05) is 5.54 Å². The van der Waals surface area contributed by atoms with Crippen molar-refractivity contribution < 1.29 is 4.42 Å². The first-order chi connectivity index (χ1) is 6.61. The number of rotatable bonds is 3. The van der Waals surface area contributed by atoms with Crippen molar-refractivity contribution in [1.29, 1.82) is 0 Å². The normalized spacial score (nSPS) is 21.6. The van der Waals surface area contributed by atoms with Crippen LogP contribution in [-0.2, 0) is 0 Å². The lowest BCUT2D eigenvalue weighted by atomic mass is 9.78. The van der Waals surface area contributed by atoms with Crippen LogP contribution >= 0.6 is 15.9 Å². The quantitative estimate of drug-likeness (QED) is 0.895. The summed E-state index contributed by atoms with van der Waals surface area (Å²) < 4.78 is 6.49. The molecule has 1 aliphatic rings. The molecule has 1 atom stereocenters. The van der Waals surface area contributed by atoms with Crippen LogP contribution in [0, 0.1) is 0 Å². The van der Waals surface area contributed by atoms with Gasteiger partial charge in [-0.2, -0.15) is 0 Å². The summed E-state index contributed by atoms with van der Waals surface area (Å²) in [6, 6.07) is 2.22. The molecule has 1 heterocycles. The van der Waals surface area contributed by atoms with E-state index in [-0.39, 0.29) is 6.04 Å². The Labute approximate surface area is 93.2 Å². The fourth-order valence-electron chi connectivity index (χ4n) is 2.05. The van der Waals surface area contributed by atoms with E-state index in [2.05, 4.69) is 35.1 Å². The van der Waals surface area contributed by atoms with Gasteiger partial charge in [-0.15, -0.1) is 0 Å². The molecule has 1 N–H and O–H groups in total. The largest absolute Gasteiger partial charge is 0.466 e. The van der Waals surface area contributed by atoms with Crippen molar-refractivity contribution in [3.05, 3.63) is 22.6 Å². The molecule has 14 heavy (non-hydrogen) atoms. The van der Waals surface area contributed by atoms with Crippen molar-refractivity contribution in [2.45, 2.75) is 44.7 Å². The van der Waals surface area contributed by atoms with Crippen molar-refractivity contribution in [2.75, 3.05) is 0 Å². The monoisotopic (exact) mass is 257 g/mol. The highest BCUT2D eigenvalue weighted by Gasteiger charge is 2.33. The molecule has 2 nitrogen and oxygen atoms in total. The maximum atomic E-state index is 5.43. The van der Waals surface area contributed by atoms with Gasteiger partial charge >= 0.3 is 0 Å². The standard InChI is InChI=1S/C11H16BrNO/c1-8(10-9(12)4-7-14-10)13-11(2)5-3-6-11/h4,7-8,13H,3,5-6H2,1-2H3. The Morgan fingerprint density at radius 2 is 2.29 bits per heavy atom. The van der Waals surface area contributed by atoms with Gasteiger partial charge in [-0.3, -0.25) is 0 Å². The average molecular weight is 258 g/mol. The van der Waals surface area contributed by atoms with E-state index in [1.807, 2.05) is 6.07 Å². The fourth-order valence-corrected chi connectivity index (χ4v) is 2.60. The molecular weight excluding hydrogens is 242 g/mol. The van der Waals surface area contributed by atoms with E-state index in [4.69, 9.17) is 4.42 Å². The molecule has 1 aliphatic carbocycles. The maximum Gasteiger partial charge on any atom is 0.134 e. The third-order valence-electron chi connectivity index (χ3n) is 3.06. The van der Waals surface area contributed by atoms with Crippen molar-refractivity contribution in [3.8, 4) is 0 Å². The first-order valence-corrected chi connectivity index (χ1v) is 5.91. The lowest BCUT2D eigenvalue weighted by molar-refractivity contribution is 0.181. The summed E-state index contributed by atoms with van der Waals surface area (Å²) in [5, 5.41) is 3.61. The molecular formula is C11H16BrNO. The van der Waals surface area contributed by atoms with E-state index in [0.29, 0.717) is 5.54 Å². The molecule has 78 valence electrons. The molecule has 0 saturated heterocycles. The van der Waals surface area contributed by atoms with Crippen molar-refractivity contribution >= 4 is 15.9 Å². The Balaban J connectivity index is 2.02. The highest BCUT2D eigenvalue weighted by Crippen LogP contribution is 2.34. The van der Waals surface area contributed by atoms with Crippen LogP contribution < -0.4 is 5.32 Å². The SMILES string of the molecule is CC(NC1(C)CCC1)c1occc1Br. The predicted molar refractivity (Wildman–Crippen MR) is 60.2 cm³/mol. The van der Waals surface area contributed by atoms with Crippen LogP contribution in [0.3, 0.4) is 0 Å². The highest BCUT2D eigenvalue weighted by atomic mass is 79.9. The molecule has 0 amide bonds. The number of nitrogens with one attached hydrogen (secondary N) is 1. The van der Waals surface area contributed by atoms with Gasteiger partial charge < -0.3 is 9.73 Å². The molecule has 2 rings (SSSR count). The van der Waals surface area contributed by atoms with E-state index in [9.17, 15) is 0 Å². The second-order valence-corrected chi connectivity index (χ2v) is 5.27. The molecule has 1 aromatic heterocycles. The number of halogens is 1. The predicted octanol–water partition coefficient (Wildman–Crippen LogP) is 3.64. The maximum absolute atomic E-state index is 5.43. The zero-order chi connectivity index (χ0) is 10.2. The first kappa shape index (κ1) is 10.2. The summed E-state index contributed by atoms with van der Waals surface area (Å²) >= 11 is 3.48. The Morgan fingerprint density at radius 1 is 1.57 bits per heavy atom. The molecule has 1 aromatic rings. The van der Waals surface area contributed by atoms with Crippen LogP contribution in [0.25, 0.3) is 0 Å². The average Bonchev–Trinajstić information content (AvgIpc) is 2.48. The second-order valence-electron chi connectivity index (χ2n) is 4.41. The molecule has 0 radical (unpaired) electrons. The van der Waals surface area contributed by atoms with E-state index in [1.54, 1.807) is 6.26 Å². The summed E-state index contributed by atoms with van der Waals surface area (Å²) in [5.41, 5.74) is 0.325. The smallest absolute Gasteiger partial charge is 0.134 e. The molecule has 1 unspecified atom stereocenters. The van der Waals surface area contributed by atoms with Crippen LogP contribution in [0.15, 0.2) is 21.2 Å². The van der Waals surface area contributed by atoms with Crippen molar-refractivity contribution in [1.82, 2.24) is 5.32 Å². The van der Waals surface area contributed by atoms with Gasteiger partial charge in [-0.1, -0.05) is 0 Å². The summed E-state index contributed by atoms with van der Waals surface area (Å²) in [7, 11) is 0. The molecule has 0 bridgehead atoms. The van der Waals surface area contributed by atoms with Crippen LogP contribution in [0.4, 0.5) is 0 Å². The molecule has 1 saturated carbocycles. The van der Waals surface area contributed by atoms with Crippen LogP contribution in [0.5, 0.6) is 0 Å². The van der Waals surface area contributed by atoms with Gasteiger partial charge in [0.15, 0.2) is 0 Å².